The van der Waals surface area contributed by atoms with E-state index >= 15 is 0 Å². The van der Waals surface area contributed by atoms with Gasteiger partial charge >= 0.3 is 0 Å². The SMILES string of the molecule is CCCCCc1ccc(CCc2ccc3c(F)c(C=C(F)F)ccc3c2)cc1. The molecular formula is C25H25F3. The number of benzene rings is 3. The summed E-state index contributed by atoms with van der Waals surface area (Å²) < 4.78 is 39.2. The minimum absolute atomic E-state index is 0.0840. The summed E-state index contributed by atoms with van der Waals surface area (Å²) in [5, 5.41) is 1.10. The van der Waals surface area contributed by atoms with E-state index < -0.39 is 11.9 Å². The molecule has 3 heteroatoms. The van der Waals surface area contributed by atoms with Crippen molar-refractivity contribution in [3.05, 3.63) is 88.7 Å². The minimum atomic E-state index is -1.90. The molecule has 3 aromatic rings. The van der Waals surface area contributed by atoms with Crippen molar-refractivity contribution in [2.24, 2.45) is 0 Å². The van der Waals surface area contributed by atoms with Crippen molar-refractivity contribution in [1.29, 1.82) is 0 Å². The summed E-state index contributed by atoms with van der Waals surface area (Å²) in [6, 6.07) is 17.4. The van der Waals surface area contributed by atoms with Crippen LogP contribution in [0.5, 0.6) is 0 Å². The highest BCUT2D eigenvalue weighted by Crippen LogP contribution is 2.25. The predicted octanol–water partition coefficient (Wildman–Crippen LogP) is 7.73. The first-order valence-corrected chi connectivity index (χ1v) is 9.88. The van der Waals surface area contributed by atoms with Crippen molar-refractivity contribution in [2.45, 2.75) is 45.4 Å². The molecule has 0 aliphatic rings. The molecule has 0 aliphatic carbocycles. The maximum Gasteiger partial charge on any atom is 0.271 e. The zero-order valence-electron chi connectivity index (χ0n) is 16.2. The molecule has 0 N–H and O–H groups in total. The first-order chi connectivity index (χ1) is 13.6. The third-order valence-corrected chi connectivity index (χ3v) is 5.11. The van der Waals surface area contributed by atoms with Crippen molar-refractivity contribution >= 4 is 16.8 Å². The van der Waals surface area contributed by atoms with E-state index in [-0.39, 0.29) is 5.56 Å². The fourth-order valence-corrected chi connectivity index (χ4v) is 3.48. The summed E-state index contributed by atoms with van der Waals surface area (Å²) in [7, 11) is 0. The first-order valence-electron chi connectivity index (χ1n) is 9.88. The maximum atomic E-state index is 14.4. The maximum absolute atomic E-state index is 14.4. The Morgan fingerprint density at radius 1 is 0.786 bits per heavy atom. The molecule has 0 amide bonds. The van der Waals surface area contributed by atoms with Crippen molar-refractivity contribution in [3.63, 3.8) is 0 Å². The fourth-order valence-electron chi connectivity index (χ4n) is 3.48. The number of rotatable bonds is 8. The van der Waals surface area contributed by atoms with E-state index in [4.69, 9.17) is 0 Å². The number of hydrogen-bond donors (Lipinski definition) is 0. The van der Waals surface area contributed by atoms with Crippen molar-refractivity contribution in [2.75, 3.05) is 0 Å². The Labute approximate surface area is 164 Å². The minimum Gasteiger partial charge on any atom is -0.206 e. The zero-order chi connectivity index (χ0) is 19.9. The number of aryl methyl sites for hydroxylation is 3. The molecule has 0 unspecified atom stereocenters. The van der Waals surface area contributed by atoms with Crippen LogP contribution < -0.4 is 0 Å². The molecule has 0 heterocycles. The highest BCUT2D eigenvalue weighted by atomic mass is 19.3. The molecule has 0 spiro atoms. The van der Waals surface area contributed by atoms with Gasteiger partial charge in [0.25, 0.3) is 6.08 Å². The molecule has 0 radical (unpaired) electrons. The Bertz CT molecular complexity index is 951. The standard InChI is InChI=1S/C25H25F3/c1-2-3-4-5-18-6-8-19(9-7-18)10-11-20-12-15-23-21(16-20)13-14-22(25(23)28)17-24(26)27/h6-9,12-17H,2-5,10-11H2,1H3. The molecule has 0 aliphatic heterocycles. The second kappa shape index (κ2) is 9.59. The molecule has 0 atom stereocenters. The first kappa shape index (κ1) is 20.2. The van der Waals surface area contributed by atoms with Gasteiger partial charge in [0.15, 0.2) is 0 Å². The Kier molecular flexibility index (Phi) is 6.91. The van der Waals surface area contributed by atoms with Crippen LogP contribution in [-0.2, 0) is 19.3 Å². The van der Waals surface area contributed by atoms with Gasteiger partial charge in [-0.2, -0.15) is 8.78 Å². The van der Waals surface area contributed by atoms with E-state index in [1.165, 1.54) is 36.5 Å². The highest BCUT2D eigenvalue weighted by Gasteiger charge is 2.08. The fraction of sp³-hybridized carbons (Fsp3) is 0.280. The summed E-state index contributed by atoms with van der Waals surface area (Å²) in [6.45, 7) is 2.21. The highest BCUT2D eigenvalue weighted by molar-refractivity contribution is 5.86. The van der Waals surface area contributed by atoms with Gasteiger partial charge < -0.3 is 0 Å². The second-order valence-electron chi connectivity index (χ2n) is 7.23. The summed E-state index contributed by atoms with van der Waals surface area (Å²) in [5.41, 5.74) is 3.69. The lowest BCUT2D eigenvalue weighted by molar-refractivity contribution is 0.429. The molecular weight excluding hydrogens is 357 g/mol. The largest absolute Gasteiger partial charge is 0.271 e. The summed E-state index contributed by atoms with van der Waals surface area (Å²) in [4.78, 5) is 0. The lowest BCUT2D eigenvalue weighted by Gasteiger charge is -2.08. The monoisotopic (exact) mass is 382 g/mol. The van der Waals surface area contributed by atoms with Crippen LogP contribution in [0.4, 0.5) is 13.2 Å². The van der Waals surface area contributed by atoms with Gasteiger partial charge in [0.2, 0.25) is 0 Å². The average Bonchev–Trinajstić information content (AvgIpc) is 2.69. The smallest absolute Gasteiger partial charge is 0.206 e. The van der Waals surface area contributed by atoms with Gasteiger partial charge in [0, 0.05) is 17.0 Å². The second-order valence-corrected chi connectivity index (χ2v) is 7.23. The lowest BCUT2D eigenvalue weighted by atomic mass is 9.98. The number of halogens is 3. The van der Waals surface area contributed by atoms with Gasteiger partial charge in [-0.25, -0.2) is 4.39 Å². The van der Waals surface area contributed by atoms with Crippen LogP contribution in [0.2, 0.25) is 0 Å². The quantitative estimate of drug-likeness (QED) is 0.350. The van der Waals surface area contributed by atoms with Crippen LogP contribution in [0.3, 0.4) is 0 Å². The average molecular weight is 382 g/mol. The Morgan fingerprint density at radius 2 is 1.43 bits per heavy atom. The van der Waals surface area contributed by atoms with Crippen LogP contribution in [0, 0.1) is 5.82 Å². The molecule has 0 aromatic heterocycles. The van der Waals surface area contributed by atoms with Gasteiger partial charge in [0.1, 0.15) is 5.82 Å². The van der Waals surface area contributed by atoms with Gasteiger partial charge in [-0.05, 0) is 47.8 Å². The van der Waals surface area contributed by atoms with Crippen molar-refractivity contribution in [3.8, 4) is 0 Å². The van der Waals surface area contributed by atoms with E-state index in [1.807, 2.05) is 12.1 Å². The summed E-state index contributed by atoms with van der Waals surface area (Å²) >= 11 is 0. The van der Waals surface area contributed by atoms with Gasteiger partial charge in [-0.3, -0.25) is 0 Å². The van der Waals surface area contributed by atoms with Crippen molar-refractivity contribution in [1.82, 2.24) is 0 Å². The van der Waals surface area contributed by atoms with Crippen molar-refractivity contribution < 1.29 is 13.2 Å². The van der Waals surface area contributed by atoms with Gasteiger partial charge in [-0.1, -0.05) is 74.4 Å². The van der Waals surface area contributed by atoms with Crippen LogP contribution >= 0.6 is 0 Å². The van der Waals surface area contributed by atoms with E-state index in [0.29, 0.717) is 11.5 Å². The topological polar surface area (TPSA) is 0 Å². The number of hydrogen-bond acceptors (Lipinski definition) is 0. The molecule has 0 fully saturated rings. The zero-order valence-corrected chi connectivity index (χ0v) is 16.2. The summed E-state index contributed by atoms with van der Waals surface area (Å²) in [5.74, 6) is -0.601. The van der Waals surface area contributed by atoms with Crippen LogP contribution in [0.1, 0.15) is 48.4 Å². The Balaban J connectivity index is 1.67. The van der Waals surface area contributed by atoms with Crippen LogP contribution in [-0.4, -0.2) is 0 Å². The molecule has 0 saturated carbocycles. The Hall–Kier alpha value is -2.55. The van der Waals surface area contributed by atoms with E-state index in [2.05, 4.69) is 31.2 Å². The summed E-state index contributed by atoms with van der Waals surface area (Å²) in [6.07, 6.45) is 5.31. The molecule has 146 valence electrons. The molecule has 3 rings (SSSR count). The molecule has 0 saturated heterocycles. The van der Waals surface area contributed by atoms with E-state index in [9.17, 15) is 13.2 Å². The predicted molar refractivity (Wildman–Crippen MR) is 111 cm³/mol. The van der Waals surface area contributed by atoms with Crippen LogP contribution in [0.15, 0.2) is 60.7 Å². The Morgan fingerprint density at radius 3 is 2.11 bits per heavy atom. The molecule has 0 bridgehead atoms. The normalized spacial score (nSPS) is 11.0. The number of unbranched alkanes of at least 4 members (excludes halogenated alkanes) is 2. The van der Waals surface area contributed by atoms with Gasteiger partial charge in [0.05, 0.1) is 0 Å². The third-order valence-electron chi connectivity index (χ3n) is 5.11. The van der Waals surface area contributed by atoms with E-state index in [0.717, 1.165) is 30.2 Å². The third kappa shape index (κ3) is 5.25. The molecule has 28 heavy (non-hydrogen) atoms. The molecule has 0 nitrogen and oxygen atoms in total. The lowest BCUT2D eigenvalue weighted by Crippen LogP contribution is -1.94. The number of fused-ring (bicyclic) bond motifs is 1. The molecule has 3 aromatic carbocycles. The van der Waals surface area contributed by atoms with E-state index in [1.54, 1.807) is 12.1 Å². The van der Waals surface area contributed by atoms with Gasteiger partial charge in [-0.15, -0.1) is 0 Å². The van der Waals surface area contributed by atoms with Crippen LogP contribution in [0.25, 0.3) is 16.8 Å².